The van der Waals surface area contributed by atoms with E-state index in [0.29, 0.717) is 12.8 Å². The lowest BCUT2D eigenvalue weighted by Gasteiger charge is -2.37. The highest BCUT2D eigenvalue weighted by molar-refractivity contribution is 5.86. The van der Waals surface area contributed by atoms with Crippen LogP contribution in [-0.2, 0) is 22.4 Å². The fraction of sp³-hybridized carbons (Fsp3) is 0.576. The maximum absolute atomic E-state index is 13.4. The summed E-state index contributed by atoms with van der Waals surface area (Å²) in [5.41, 5.74) is -1.54. The number of nitrogens with one attached hydrogen (secondary N) is 3. The summed E-state index contributed by atoms with van der Waals surface area (Å²) < 4.78 is 5.40. The van der Waals surface area contributed by atoms with E-state index in [2.05, 4.69) is 16.0 Å². The number of ether oxygens (including phenoxy) is 1. The molecule has 0 aromatic heterocycles. The Hall–Kier alpha value is -3.02. The van der Waals surface area contributed by atoms with Crippen molar-refractivity contribution >= 4 is 12.0 Å². The minimum absolute atomic E-state index is 0.0176. The van der Waals surface area contributed by atoms with Crippen LogP contribution in [0.15, 0.2) is 60.7 Å². The summed E-state index contributed by atoms with van der Waals surface area (Å²) in [7, 11) is 0. The molecule has 3 unspecified atom stereocenters. The molecule has 2 aromatic carbocycles. The number of benzene rings is 2. The SMILES string of the molecule is CC(C)(C)OC(=O)N[C@@H](Cc1ccccc1)[C@@H](O)CNCC(O)[C@@H](Cc1ccccc1)NC(=O)C1(O)CC(O)CC1(C)C. The van der Waals surface area contributed by atoms with E-state index in [9.17, 15) is 30.0 Å². The molecule has 0 bridgehead atoms. The van der Waals surface area contributed by atoms with Crippen LogP contribution >= 0.6 is 0 Å². The monoisotopic (exact) mass is 599 g/mol. The molecule has 10 nitrogen and oxygen atoms in total. The van der Waals surface area contributed by atoms with Gasteiger partial charge >= 0.3 is 6.09 Å². The van der Waals surface area contributed by atoms with Crippen LogP contribution in [-0.4, -0.2) is 87.1 Å². The van der Waals surface area contributed by atoms with Crippen LogP contribution in [0.3, 0.4) is 0 Å². The van der Waals surface area contributed by atoms with Gasteiger partial charge in [0.05, 0.1) is 30.4 Å². The maximum Gasteiger partial charge on any atom is 0.407 e. The van der Waals surface area contributed by atoms with Crippen molar-refractivity contribution < 1.29 is 34.8 Å². The third-order valence-corrected chi connectivity index (χ3v) is 8.02. The summed E-state index contributed by atoms with van der Waals surface area (Å²) in [4.78, 5) is 25.9. The number of alkyl carbamates (subject to hydrolysis) is 1. The molecule has 1 fully saturated rings. The standard InChI is InChI=1S/C33H49N3O7/c1-31(2,3)43-30(41)36-26(17-23-14-10-7-11-15-23)28(39)21-34-20-27(38)25(16-22-12-8-6-9-13-22)35-29(40)33(42)19-24(37)18-32(33,4)5/h6-15,24-28,34,37-39,42H,16-21H2,1-5H3,(H,35,40)(H,36,41)/t24?,25-,26+,27?,28+,33?/m1/s1. The Morgan fingerprint density at radius 2 is 1.33 bits per heavy atom. The predicted molar refractivity (Wildman–Crippen MR) is 164 cm³/mol. The molecular formula is C33H49N3O7. The number of rotatable bonds is 13. The van der Waals surface area contributed by atoms with E-state index in [1.807, 2.05) is 60.7 Å². The van der Waals surface area contributed by atoms with Gasteiger partial charge in [0.25, 0.3) is 5.91 Å². The van der Waals surface area contributed by atoms with E-state index < -0.39 is 59.0 Å². The van der Waals surface area contributed by atoms with Gasteiger partial charge in [0.15, 0.2) is 5.60 Å². The molecular weight excluding hydrogens is 550 g/mol. The zero-order chi connectivity index (χ0) is 31.8. The van der Waals surface area contributed by atoms with Crippen molar-refractivity contribution in [3.63, 3.8) is 0 Å². The van der Waals surface area contributed by atoms with Gasteiger partial charge in [0.2, 0.25) is 0 Å². The Bertz CT molecular complexity index is 1170. The van der Waals surface area contributed by atoms with Crippen molar-refractivity contribution in [1.29, 1.82) is 0 Å². The van der Waals surface area contributed by atoms with Gasteiger partial charge in [0.1, 0.15) is 5.60 Å². The molecule has 0 heterocycles. The van der Waals surface area contributed by atoms with Crippen LogP contribution < -0.4 is 16.0 Å². The van der Waals surface area contributed by atoms with Gasteiger partial charge < -0.3 is 41.1 Å². The van der Waals surface area contributed by atoms with E-state index in [4.69, 9.17) is 4.74 Å². The Kier molecular flexibility index (Phi) is 11.7. The average Bonchev–Trinajstić information content (AvgIpc) is 3.14. The van der Waals surface area contributed by atoms with Crippen molar-refractivity contribution in [3.8, 4) is 0 Å². The van der Waals surface area contributed by atoms with Crippen LogP contribution in [0.25, 0.3) is 0 Å². The second-order valence-corrected chi connectivity index (χ2v) is 13.3. The number of hydrogen-bond donors (Lipinski definition) is 7. The number of hydrogen-bond acceptors (Lipinski definition) is 8. The van der Waals surface area contributed by atoms with Crippen LogP contribution in [0, 0.1) is 5.41 Å². The fourth-order valence-corrected chi connectivity index (χ4v) is 5.56. The van der Waals surface area contributed by atoms with E-state index in [1.165, 1.54) is 0 Å². The zero-order valence-electron chi connectivity index (χ0n) is 25.9. The lowest BCUT2D eigenvalue weighted by Crippen LogP contribution is -2.59. The van der Waals surface area contributed by atoms with Gasteiger partial charge in [-0.25, -0.2) is 4.79 Å². The van der Waals surface area contributed by atoms with E-state index in [1.54, 1.807) is 34.6 Å². The molecule has 10 heteroatoms. The third kappa shape index (κ3) is 10.0. The zero-order valence-corrected chi connectivity index (χ0v) is 25.9. The molecule has 2 amide bonds. The molecule has 2 aromatic rings. The summed E-state index contributed by atoms with van der Waals surface area (Å²) in [6, 6.07) is 17.4. The molecule has 0 radical (unpaired) electrons. The molecule has 0 aliphatic heterocycles. The minimum Gasteiger partial charge on any atom is -0.444 e. The summed E-state index contributed by atoms with van der Waals surface area (Å²) in [5, 5.41) is 52.4. The molecule has 7 N–H and O–H groups in total. The van der Waals surface area contributed by atoms with Gasteiger partial charge in [0, 0.05) is 24.9 Å². The molecule has 3 rings (SSSR count). The van der Waals surface area contributed by atoms with Gasteiger partial charge in [-0.2, -0.15) is 0 Å². The molecule has 1 aliphatic carbocycles. The average molecular weight is 600 g/mol. The first kappa shape index (κ1) is 34.5. The maximum atomic E-state index is 13.4. The van der Waals surface area contributed by atoms with Gasteiger partial charge in [-0.3, -0.25) is 4.79 Å². The number of aliphatic hydroxyl groups is 4. The topological polar surface area (TPSA) is 160 Å². The summed E-state index contributed by atoms with van der Waals surface area (Å²) in [5.74, 6) is -0.640. The summed E-state index contributed by atoms with van der Waals surface area (Å²) in [6.07, 6.45) is -2.70. The molecule has 238 valence electrons. The van der Waals surface area contributed by atoms with Crippen molar-refractivity contribution in [1.82, 2.24) is 16.0 Å². The van der Waals surface area contributed by atoms with Crippen LogP contribution in [0.2, 0.25) is 0 Å². The molecule has 0 spiro atoms. The Balaban J connectivity index is 1.67. The normalized spacial score (nSPS) is 22.7. The van der Waals surface area contributed by atoms with Crippen LogP contribution in [0.1, 0.15) is 58.6 Å². The van der Waals surface area contributed by atoms with Crippen molar-refractivity contribution in [2.75, 3.05) is 13.1 Å². The molecule has 0 saturated heterocycles. The smallest absolute Gasteiger partial charge is 0.407 e. The van der Waals surface area contributed by atoms with Crippen molar-refractivity contribution in [2.24, 2.45) is 5.41 Å². The second kappa shape index (κ2) is 14.6. The summed E-state index contributed by atoms with van der Waals surface area (Å²) in [6.45, 7) is 8.83. The Morgan fingerprint density at radius 1 is 0.860 bits per heavy atom. The van der Waals surface area contributed by atoms with Crippen molar-refractivity contribution in [3.05, 3.63) is 71.8 Å². The highest BCUT2D eigenvalue weighted by atomic mass is 16.6. The predicted octanol–water partition coefficient (Wildman–Crippen LogP) is 2.07. The van der Waals surface area contributed by atoms with Crippen LogP contribution in [0.4, 0.5) is 4.79 Å². The quantitative estimate of drug-likeness (QED) is 0.184. The summed E-state index contributed by atoms with van der Waals surface area (Å²) >= 11 is 0. The molecule has 1 saturated carbocycles. The third-order valence-electron chi connectivity index (χ3n) is 8.02. The largest absolute Gasteiger partial charge is 0.444 e. The lowest BCUT2D eigenvalue weighted by molar-refractivity contribution is -0.151. The first-order chi connectivity index (χ1) is 20.1. The van der Waals surface area contributed by atoms with Crippen LogP contribution in [0.5, 0.6) is 0 Å². The highest BCUT2D eigenvalue weighted by Gasteiger charge is 2.56. The van der Waals surface area contributed by atoms with E-state index in [0.717, 1.165) is 11.1 Å². The molecule has 6 atom stereocenters. The van der Waals surface area contributed by atoms with Crippen molar-refractivity contribution in [2.45, 2.75) is 102 Å². The van der Waals surface area contributed by atoms with E-state index in [-0.39, 0.29) is 25.9 Å². The Labute approximate surface area is 254 Å². The number of carbonyl (C=O) groups is 2. The van der Waals surface area contributed by atoms with Gasteiger partial charge in [-0.05, 0) is 51.2 Å². The highest BCUT2D eigenvalue weighted by Crippen LogP contribution is 2.46. The molecule has 43 heavy (non-hydrogen) atoms. The number of amides is 2. The van der Waals surface area contributed by atoms with Gasteiger partial charge in [-0.1, -0.05) is 74.5 Å². The van der Waals surface area contributed by atoms with Gasteiger partial charge in [-0.15, -0.1) is 0 Å². The first-order valence-corrected chi connectivity index (χ1v) is 15.0. The molecule has 1 aliphatic rings. The lowest BCUT2D eigenvalue weighted by atomic mass is 9.77. The fourth-order valence-electron chi connectivity index (χ4n) is 5.56. The minimum atomic E-state index is -1.79. The first-order valence-electron chi connectivity index (χ1n) is 15.0. The number of carbonyl (C=O) groups excluding carboxylic acids is 2. The Morgan fingerprint density at radius 3 is 1.74 bits per heavy atom. The number of aliphatic hydroxyl groups excluding tert-OH is 3. The second-order valence-electron chi connectivity index (χ2n) is 13.3. The van der Waals surface area contributed by atoms with E-state index >= 15 is 0 Å².